The summed E-state index contributed by atoms with van der Waals surface area (Å²) in [4.78, 5) is 2.55. The van der Waals surface area contributed by atoms with Gasteiger partial charge in [-0.15, -0.1) is 0 Å². The van der Waals surface area contributed by atoms with Gasteiger partial charge in [0.05, 0.1) is 0 Å². The molecule has 0 aromatic rings. The fourth-order valence-corrected chi connectivity index (χ4v) is 3.04. The zero-order chi connectivity index (χ0) is 12.3. The van der Waals surface area contributed by atoms with Gasteiger partial charge in [-0.2, -0.15) is 0 Å². The second-order valence-electron chi connectivity index (χ2n) is 6.14. The average Bonchev–Trinajstić information content (AvgIpc) is 2.27. The van der Waals surface area contributed by atoms with Gasteiger partial charge >= 0.3 is 0 Å². The second-order valence-corrected chi connectivity index (χ2v) is 6.14. The second kappa shape index (κ2) is 5.50. The van der Waals surface area contributed by atoms with Gasteiger partial charge in [0.2, 0.25) is 0 Å². The van der Waals surface area contributed by atoms with E-state index < -0.39 is 0 Å². The van der Waals surface area contributed by atoms with Crippen molar-refractivity contribution in [2.75, 3.05) is 14.1 Å². The van der Waals surface area contributed by atoms with Crippen molar-refractivity contribution in [3.05, 3.63) is 0 Å². The Hall–Kier alpha value is -0.0800. The molecule has 0 heterocycles. The lowest BCUT2D eigenvalue weighted by molar-refractivity contribution is 0.0760. The summed E-state index contributed by atoms with van der Waals surface area (Å²) >= 11 is 0. The van der Waals surface area contributed by atoms with Gasteiger partial charge in [0.25, 0.3) is 0 Å². The molecule has 0 aliphatic heterocycles. The van der Waals surface area contributed by atoms with E-state index >= 15 is 0 Å². The monoisotopic (exact) mass is 226 g/mol. The van der Waals surface area contributed by atoms with E-state index in [1.54, 1.807) is 0 Å². The average molecular weight is 226 g/mol. The quantitative estimate of drug-likeness (QED) is 0.793. The van der Waals surface area contributed by atoms with Gasteiger partial charge in [0, 0.05) is 17.6 Å². The van der Waals surface area contributed by atoms with E-state index in [4.69, 9.17) is 0 Å². The summed E-state index contributed by atoms with van der Waals surface area (Å²) in [5, 5.41) is 3.54. The molecule has 2 nitrogen and oxygen atoms in total. The molecular weight excluding hydrogens is 196 g/mol. The smallest absolute Gasteiger partial charge is 0.0167 e. The van der Waals surface area contributed by atoms with Crippen LogP contribution in [0.4, 0.5) is 0 Å². The van der Waals surface area contributed by atoms with Crippen LogP contribution < -0.4 is 5.32 Å². The van der Waals surface area contributed by atoms with Crippen LogP contribution in [0, 0.1) is 5.92 Å². The highest BCUT2D eigenvalue weighted by Gasteiger charge is 2.37. The Kier molecular flexibility index (Phi) is 4.81. The van der Waals surface area contributed by atoms with Crippen LogP contribution in [-0.4, -0.2) is 36.6 Å². The lowest BCUT2D eigenvalue weighted by Gasteiger charge is -2.46. The lowest BCUT2D eigenvalue weighted by atomic mass is 9.73. The maximum Gasteiger partial charge on any atom is 0.0167 e. The summed E-state index contributed by atoms with van der Waals surface area (Å²) in [6, 6.07) is 1.40. The predicted octanol–water partition coefficient (Wildman–Crippen LogP) is 2.88. The molecule has 0 saturated heterocycles. The molecule has 3 atom stereocenters. The molecule has 3 unspecified atom stereocenters. The Bertz CT molecular complexity index is 215. The molecule has 1 aliphatic carbocycles. The molecule has 96 valence electrons. The van der Waals surface area contributed by atoms with E-state index in [1.165, 1.54) is 25.7 Å². The number of nitrogens with one attached hydrogen (secondary N) is 1. The Morgan fingerprint density at radius 1 is 1.38 bits per heavy atom. The summed E-state index contributed by atoms with van der Waals surface area (Å²) in [5.74, 6) is 0.886. The largest absolute Gasteiger partial charge is 0.314 e. The van der Waals surface area contributed by atoms with E-state index in [0.717, 1.165) is 12.0 Å². The molecule has 0 amide bonds. The van der Waals surface area contributed by atoms with Crippen LogP contribution in [0.5, 0.6) is 0 Å². The third-order valence-electron chi connectivity index (χ3n) is 4.60. The summed E-state index contributed by atoms with van der Waals surface area (Å²) in [7, 11) is 4.40. The Balaban J connectivity index is 2.71. The predicted molar refractivity (Wildman–Crippen MR) is 71.8 cm³/mol. The van der Waals surface area contributed by atoms with Gasteiger partial charge in [-0.25, -0.2) is 0 Å². The minimum absolute atomic E-state index is 0.340. The number of nitrogens with zero attached hydrogens (tertiary/aromatic N) is 1. The molecule has 0 aromatic carbocycles. The van der Waals surface area contributed by atoms with Crippen LogP contribution in [0.15, 0.2) is 0 Å². The molecule has 1 aliphatic rings. The van der Waals surface area contributed by atoms with Gasteiger partial charge in [0.15, 0.2) is 0 Å². The van der Waals surface area contributed by atoms with Crippen molar-refractivity contribution in [2.45, 2.75) is 71.0 Å². The van der Waals surface area contributed by atoms with E-state index in [9.17, 15) is 0 Å². The normalized spacial score (nSPS) is 36.0. The van der Waals surface area contributed by atoms with Gasteiger partial charge in [-0.05, 0) is 60.0 Å². The Labute approximate surface area is 102 Å². The fourth-order valence-electron chi connectivity index (χ4n) is 3.04. The van der Waals surface area contributed by atoms with Crippen molar-refractivity contribution in [1.29, 1.82) is 0 Å². The SMILES string of the molecule is CCC1CC(N(C)C(C)C)CC(C)(NC)C1. The van der Waals surface area contributed by atoms with Gasteiger partial charge in [-0.3, -0.25) is 0 Å². The first kappa shape index (κ1) is 14.0. The van der Waals surface area contributed by atoms with Crippen molar-refractivity contribution < 1.29 is 0 Å². The van der Waals surface area contributed by atoms with Crippen LogP contribution >= 0.6 is 0 Å². The first-order chi connectivity index (χ1) is 7.41. The molecule has 1 saturated carbocycles. The number of rotatable bonds is 4. The fraction of sp³-hybridized carbons (Fsp3) is 1.00. The molecule has 1 rings (SSSR count). The van der Waals surface area contributed by atoms with Crippen molar-refractivity contribution in [3.63, 3.8) is 0 Å². The molecule has 16 heavy (non-hydrogen) atoms. The van der Waals surface area contributed by atoms with Crippen LogP contribution in [0.1, 0.15) is 53.4 Å². The highest BCUT2D eigenvalue weighted by atomic mass is 15.2. The summed E-state index contributed by atoms with van der Waals surface area (Å²) in [6.45, 7) is 9.31. The molecule has 2 heteroatoms. The molecular formula is C14H30N2. The number of hydrogen-bond acceptors (Lipinski definition) is 2. The van der Waals surface area contributed by atoms with E-state index in [2.05, 4.69) is 52.0 Å². The Morgan fingerprint density at radius 2 is 2.00 bits per heavy atom. The third-order valence-corrected chi connectivity index (χ3v) is 4.60. The highest BCUT2D eigenvalue weighted by Crippen LogP contribution is 2.36. The molecule has 0 spiro atoms. The molecule has 1 N–H and O–H groups in total. The Morgan fingerprint density at radius 3 is 2.44 bits per heavy atom. The van der Waals surface area contributed by atoms with Crippen LogP contribution in [0.2, 0.25) is 0 Å². The molecule has 1 fully saturated rings. The van der Waals surface area contributed by atoms with Crippen molar-refractivity contribution >= 4 is 0 Å². The maximum absolute atomic E-state index is 3.54. The zero-order valence-corrected chi connectivity index (χ0v) is 12.0. The van der Waals surface area contributed by atoms with Crippen LogP contribution in [0.25, 0.3) is 0 Å². The van der Waals surface area contributed by atoms with Crippen molar-refractivity contribution in [2.24, 2.45) is 5.92 Å². The van der Waals surface area contributed by atoms with Crippen LogP contribution in [0.3, 0.4) is 0 Å². The molecule has 0 bridgehead atoms. The van der Waals surface area contributed by atoms with Crippen LogP contribution in [-0.2, 0) is 0 Å². The minimum Gasteiger partial charge on any atom is -0.314 e. The summed E-state index contributed by atoms with van der Waals surface area (Å²) in [5.41, 5.74) is 0.340. The zero-order valence-electron chi connectivity index (χ0n) is 12.0. The van der Waals surface area contributed by atoms with Crippen molar-refractivity contribution in [3.8, 4) is 0 Å². The van der Waals surface area contributed by atoms with E-state index in [-0.39, 0.29) is 0 Å². The highest BCUT2D eigenvalue weighted by molar-refractivity contribution is 4.95. The van der Waals surface area contributed by atoms with Crippen molar-refractivity contribution in [1.82, 2.24) is 10.2 Å². The third kappa shape index (κ3) is 3.21. The van der Waals surface area contributed by atoms with E-state index in [0.29, 0.717) is 11.6 Å². The minimum atomic E-state index is 0.340. The standard InChI is InChI=1S/C14H30N2/c1-7-12-8-13(16(6)11(2)3)10-14(4,9-12)15-5/h11-13,15H,7-10H2,1-6H3. The maximum atomic E-state index is 3.54. The molecule has 0 aromatic heterocycles. The number of hydrogen-bond donors (Lipinski definition) is 1. The summed E-state index contributed by atoms with van der Waals surface area (Å²) in [6.07, 6.45) is 5.32. The topological polar surface area (TPSA) is 15.3 Å². The lowest BCUT2D eigenvalue weighted by Crippen LogP contribution is -2.53. The van der Waals surface area contributed by atoms with E-state index in [1.807, 2.05) is 0 Å². The van der Waals surface area contributed by atoms with Gasteiger partial charge in [-0.1, -0.05) is 13.3 Å². The first-order valence-corrected chi connectivity index (χ1v) is 6.82. The van der Waals surface area contributed by atoms with Gasteiger partial charge in [0.1, 0.15) is 0 Å². The summed E-state index contributed by atoms with van der Waals surface area (Å²) < 4.78 is 0. The van der Waals surface area contributed by atoms with Gasteiger partial charge < -0.3 is 10.2 Å². The first-order valence-electron chi connectivity index (χ1n) is 6.82. The molecule has 0 radical (unpaired) electrons.